The van der Waals surface area contributed by atoms with Crippen molar-refractivity contribution in [3.05, 3.63) is 54.4 Å². The van der Waals surface area contributed by atoms with Crippen LogP contribution in [-0.4, -0.2) is 25.5 Å². The lowest BCUT2D eigenvalue weighted by Gasteiger charge is -1.99. The van der Waals surface area contributed by atoms with E-state index in [9.17, 15) is 29.8 Å². The summed E-state index contributed by atoms with van der Waals surface area (Å²) in [5.41, 5.74) is -2.37. The summed E-state index contributed by atoms with van der Waals surface area (Å²) in [4.78, 5) is 43.8. The van der Waals surface area contributed by atoms with Crippen LogP contribution in [0.25, 0.3) is 22.0 Å². The van der Waals surface area contributed by atoms with Crippen LogP contribution in [0.1, 0.15) is 10.6 Å². The number of aryl methyl sites for hydroxylation is 1. The Morgan fingerprint density at radius 1 is 1.17 bits per heavy atom. The van der Waals surface area contributed by atoms with Gasteiger partial charge in [0.05, 0.1) is 21.3 Å². The fourth-order valence-electron chi connectivity index (χ4n) is 2.58. The molecule has 0 aliphatic heterocycles. The molecule has 0 radical (unpaired) electrons. The molecular formula is C13H7N3O8. The summed E-state index contributed by atoms with van der Waals surface area (Å²) >= 11 is 0. The monoisotopic (exact) mass is 333 g/mol. The van der Waals surface area contributed by atoms with E-state index >= 15 is 0 Å². The highest BCUT2D eigenvalue weighted by atomic mass is 16.6. The van der Waals surface area contributed by atoms with Crippen LogP contribution >= 0.6 is 0 Å². The zero-order valence-electron chi connectivity index (χ0n) is 11.9. The standard InChI is InChI=1S/C13H7N3O8/c1-14-10-6(2-5(15(20)21)3-7(10)16(22)23)12-11(14)8(17)4-9(24-12)13(18)19/h2-4H,1H3,(H,18,19). The van der Waals surface area contributed by atoms with Crippen molar-refractivity contribution in [3.8, 4) is 0 Å². The maximum absolute atomic E-state index is 12.1. The third kappa shape index (κ3) is 1.99. The molecule has 0 fully saturated rings. The Labute approximate surface area is 130 Å². The van der Waals surface area contributed by atoms with E-state index in [2.05, 4.69) is 0 Å². The van der Waals surface area contributed by atoms with Gasteiger partial charge in [-0.1, -0.05) is 0 Å². The number of nitro groups is 2. The smallest absolute Gasteiger partial charge is 0.371 e. The number of carboxylic acid groups (broad SMARTS) is 1. The van der Waals surface area contributed by atoms with Crippen molar-refractivity contribution in [1.29, 1.82) is 0 Å². The molecule has 24 heavy (non-hydrogen) atoms. The summed E-state index contributed by atoms with van der Waals surface area (Å²) in [5.74, 6) is -2.18. The summed E-state index contributed by atoms with van der Waals surface area (Å²) in [6.07, 6.45) is 0. The van der Waals surface area contributed by atoms with Crippen LogP contribution in [0.2, 0.25) is 0 Å². The van der Waals surface area contributed by atoms with E-state index in [4.69, 9.17) is 9.52 Å². The van der Waals surface area contributed by atoms with E-state index in [1.807, 2.05) is 0 Å². The van der Waals surface area contributed by atoms with Crippen LogP contribution in [0.15, 0.2) is 27.4 Å². The first-order chi connectivity index (χ1) is 11.2. The maximum Gasteiger partial charge on any atom is 0.371 e. The number of nitrogens with zero attached hydrogens (tertiary/aromatic N) is 3. The molecule has 0 saturated heterocycles. The molecule has 1 aromatic carbocycles. The largest absolute Gasteiger partial charge is 0.475 e. The number of rotatable bonds is 3. The number of carboxylic acids is 1. The van der Waals surface area contributed by atoms with Crippen molar-refractivity contribution >= 4 is 39.3 Å². The predicted octanol–water partition coefficient (Wildman–Crippen LogP) is 1.80. The van der Waals surface area contributed by atoms with Crippen molar-refractivity contribution in [2.24, 2.45) is 7.05 Å². The average molecular weight is 333 g/mol. The van der Waals surface area contributed by atoms with Gasteiger partial charge in [-0.15, -0.1) is 0 Å². The molecule has 0 bridgehead atoms. The molecule has 3 aromatic rings. The molecule has 11 heteroatoms. The molecule has 0 atom stereocenters. The molecule has 122 valence electrons. The van der Waals surface area contributed by atoms with E-state index in [1.54, 1.807) is 0 Å². The third-order valence-electron chi connectivity index (χ3n) is 3.53. The lowest BCUT2D eigenvalue weighted by atomic mass is 10.2. The van der Waals surface area contributed by atoms with Gasteiger partial charge in [0.1, 0.15) is 11.0 Å². The van der Waals surface area contributed by atoms with Crippen LogP contribution in [0.3, 0.4) is 0 Å². The van der Waals surface area contributed by atoms with Gasteiger partial charge in [-0.05, 0) is 0 Å². The molecule has 0 amide bonds. The number of aromatic carboxylic acids is 1. The van der Waals surface area contributed by atoms with Gasteiger partial charge in [0.25, 0.3) is 5.69 Å². The minimum Gasteiger partial charge on any atom is -0.475 e. The van der Waals surface area contributed by atoms with E-state index in [0.29, 0.717) is 0 Å². The van der Waals surface area contributed by atoms with Gasteiger partial charge in [-0.2, -0.15) is 0 Å². The Morgan fingerprint density at radius 3 is 2.38 bits per heavy atom. The molecular weight excluding hydrogens is 326 g/mol. The number of hydrogen-bond acceptors (Lipinski definition) is 7. The van der Waals surface area contributed by atoms with Gasteiger partial charge in [0.2, 0.25) is 11.2 Å². The zero-order valence-corrected chi connectivity index (χ0v) is 11.9. The summed E-state index contributed by atoms with van der Waals surface area (Å²) in [6, 6.07) is 2.51. The first kappa shape index (κ1) is 15.1. The highest BCUT2D eigenvalue weighted by Gasteiger charge is 2.27. The van der Waals surface area contributed by atoms with Gasteiger partial charge in [0, 0.05) is 19.2 Å². The van der Waals surface area contributed by atoms with Crippen LogP contribution < -0.4 is 5.43 Å². The number of non-ortho nitro benzene ring substituents is 2. The van der Waals surface area contributed by atoms with Gasteiger partial charge in [0.15, 0.2) is 5.58 Å². The number of carbonyl (C=O) groups is 1. The Balaban J connectivity index is 2.63. The molecule has 0 spiro atoms. The number of hydrogen-bond donors (Lipinski definition) is 1. The second kappa shape index (κ2) is 4.87. The fourth-order valence-corrected chi connectivity index (χ4v) is 2.58. The Hall–Kier alpha value is -3.76. The second-order valence-electron chi connectivity index (χ2n) is 4.89. The minimum atomic E-state index is -1.51. The zero-order chi connectivity index (χ0) is 17.8. The molecule has 0 unspecified atom stereocenters. The van der Waals surface area contributed by atoms with Crippen LogP contribution in [0.4, 0.5) is 11.4 Å². The molecule has 2 heterocycles. The van der Waals surface area contributed by atoms with Gasteiger partial charge in [-0.3, -0.25) is 25.0 Å². The van der Waals surface area contributed by atoms with Crippen molar-refractivity contribution in [1.82, 2.24) is 4.57 Å². The topological polar surface area (TPSA) is 159 Å². The van der Waals surface area contributed by atoms with E-state index in [-0.39, 0.29) is 22.0 Å². The molecule has 11 nitrogen and oxygen atoms in total. The summed E-state index contributed by atoms with van der Waals surface area (Å²) in [7, 11) is 1.35. The first-order valence-electron chi connectivity index (χ1n) is 6.34. The Kier molecular flexibility index (Phi) is 3.08. The highest BCUT2D eigenvalue weighted by Crippen LogP contribution is 2.36. The maximum atomic E-state index is 12.1. The van der Waals surface area contributed by atoms with Crippen molar-refractivity contribution in [2.45, 2.75) is 0 Å². The summed E-state index contributed by atoms with van der Waals surface area (Å²) in [5, 5.41) is 31.1. The highest BCUT2D eigenvalue weighted by molar-refractivity contribution is 6.09. The van der Waals surface area contributed by atoms with Crippen molar-refractivity contribution < 1.29 is 24.2 Å². The van der Waals surface area contributed by atoms with Gasteiger partial charge in [-0.25, -0.2) is 4.79 Å². The first-order valence-corrected chi connectivity index (χ1v) is 6.34. The Morgan fingerprint density at radius 2 is 1.83 bits per heavy atom. The van der Waals surface area contributed by atoms with Crippen molar-refractivity contribution in [3.63, 3.8) is 0 Å². The molecule has 1 N–H and O–H groups in total. The molecule has 0 aliphatic carbocycles. The van der Waals surface area contributed by atoms with Crippen molar-refractivity contribution in [2.75, 3.05) is 0 Å². The molecule has 2 aromatic heterocycles. The van der Waals surface area contributed by atoms with E-state index in [1.165, 1.54) is 7.05 Å². The lowest BCUT2D eigenvalue weighted by molar-refractivity contribution is -0.393. The number of aromatic nitrogens is 1. The minimum absolute atomic E-state index is 0.0796. The summed E-state index contributed by atoms with van der Waals surface area (Å²) < 4.78 is 6.30. The SMILES string of the molecule is Cn1c2c([N+](=O)[O-])cc([N+](=O)[O-])cc2c2oc(C(=O)O)cc(=O)c21. The number of nitro benzene ring substituents is 2. The normalized spacial score (nSPS) is 11.0. The summed E-state index contributed by atoms with van der Waals surface area (Å²) in [6.45, 7) is 0. The predicted molar refractivity (Wildman–Crippen MR) is 79.2 cm³/mol. The van der Waals surface area contributed by atoms with Crippen LogP contribution in [-0.2, 0) is 7.05 Å². The number of benzene rings is 1. The van der Waals surface area contributed by atoms with Gasteiger partial charge >= 0.3 is 11.7 Å². The average Bonchev–Trinajstić information content (AvgIpc) is 2.79. The lowest BCUT2D eigenvalue weighted by Crippen LogP contribution is -2.08. The molecule has 3 rings (SSSR count). The van der Waals surface area contributed by atoms with E-state index in [0.717, 1.165) is 22.8 Å². The van der Waals surface area contributed by atoms with Gasteiger partial charge < -0.3 is 14.1 Å². The third-order valence-corrected chi connectivity index (χ3v) is 3.53. The quantitative estimate of drug-likeness (QED) is 0.561. The fraction of sp³-hybridized carbons (Fsp3) is 0.0769. The number of fused-ring (bicyclic) bond motifs is 3. The van der Waals surface area contributed by atoms with Crippen LogP contribution in [0, 0.1) is 20.2 Å². The van der Waals surface area contributed by atoms with Crippen LogP contribution in [0.5, 0.6) is 0 Å². The van der Waals surface area contributed by atoms with E-state index < -0.39 is 38.4 Å². The second-order valence-corrected chi connectivity index (χ2v) is 4.89. The Bertz CT molecular complexity index is 1120. The molecule has 0 aliphatic rings. The molecule has 0 saturated carbocycles.